The highest BCUT2D eigenvalue weighted by molar-refractivity contribution is 6.04. The normalized spacial score (nSPS) is 11.4. The van der Waals surface area contributed by atoms with Crippen molar-refractivity contribution in [3.8, 4) is 0 Å². The molecule has 0 fully saturated rings. The molecule has 4 nitrogen and oxygen atoms in total. The molecule has 0 radical (unpaired) electrons. The van der Waals surface area contributed by atoms with Crippen molar-refractivity contribution in [2.24, 2.45) is 5.92 Å². The van der Waals surface area contributed by atoms with Crippen LogP contribution in [0.1, 0.15) is 36.2 Å². The Morgan fingerprint density at radius 3 is 2.44 bits per heavy atom. The molecule has 0 aliphatic heterocycles. The number of amides is 1. The smallest absolute Gasteiger partial charge is 0.370 e. The van der Waals surface area contributed by atoms with Crippen LogP contribution < -0.4 is 10.6 Å². The number of pyridine rings is 1. The van der Waals surface area contributed by atoms with E-state index in [9.17, 15) is 18.0 Å². The number of alkyl halides is 3. The Morgan fingerprint density at radius 1 is 1.16 bits per heavy atom. The first-order valence-electron chi connectivity index (χ1n) is 7.94. The van der Waals surface area contributed by atoms with Gasteiger partial charge in [-0.3, -0.25) is 4.79 Å². The number of hydrogen-bond acceptors (Lipinski definition) is 3. The fourth-order valence-electron chi connectivity index (χ4n) is 2.10. The van der Waals surface area contributed by atoms with Gasteiger partial charge in [0, 0.05) is 24.0 Å². The topological polar surface area (TPSA) is 54.0 Å². The van der Waals surface area contributed by atoms with Gasteiger partial charge in [-0.1, -0.05) is 13.8 Å². The fourth-order valence-corrected chi connectivity index (χ4v) is 2.10. The molecule has 0 spiro atoms. The minimum absolute atomic E-state index is 0.295. The highest BCUT2D eigenvalue weighted by Gasteiger charge is 2.29. The van der Waals surface area contributed by atoms with E-state index in [1.807, 2.05) is 0 Å². The molecule has 0 saturated carbocycles. The number of rotatable bonds is 6. The molecule has 7 heteroatoms. The molecule has 2 N–H and O–H groups in total. The van der Waals surface area contributed by atoms with Crippen LogP contribution in [0.2, 0.25) is 0 Å². The van der Waals surface area contributed by atoms with Gasteiger partial charge in [0.2, 0.25) is 0 Å². The monoisotopic (exact) mass is 351 g/mol. The maximum absolute atomic E-state index is 12.5. The van der Waals surface area contributed by atoms with Crippen molar-refractivity contribution in [3.05, 3.63) is 53.7 Å². The SMILES string of the molecule is CC(C)CCNc1cc(C(=O)Nc2ccc(C(F)(F)F)cc2)ccn1. The Bertz CT molecular complexity index is 712. The Labute approximate surface area is 144 Å². The molecule has 1 heterocycles. The molecule has 0 atom stereocenters. The van der Waals surface area contributed by atoms with Crippen molar-refractivity contribution in [2.75, 3.05) is 17.2 Å². The summed E-state index contributed by atoms with van der Waals surface area (Å²) in [6.45, 7) is 4.97. The lowest BCUT2D eigenvalue weighted by Gasteiger charge is -2.10. The maximum atomic E-state index is 12.5. The van der Waals surface area contributed by atoms with E-state index in [0.717, 1.165) is 25.1 Å². The van der Waals surface area contributed by atoms with Gasteiger partial charge in [-0.25, -0.2) is 4.98 Å². The molecule has 134 valence electrons. The molecular weight excluding hydrogens is 331 g/mol. The van der Waals surface area contributed by atoms with Gasteiger partial charge in [-0.2, -0.15) is 13.2 Å². The number of benzene rings is 1. The molecule has 2 rings (SSSR count). The molecule has 0 aliphatic rings. The van der Waals surface area contributed by atoms with Crippen molar-refractivity contribution in [3.63, 3.8) is 0 Å². The summed E-state index contributed by atoms with van der Waals surface area (Å²) in [7, 11) is 0. The van der Waals surface area contributed by atoms with E-state index >= 15 is 0 Å². The highest BCUT2D eigenvalue weighted by Crippen LogP contribution is 2.29. The van der Waals surface area contributed by atoms with E-state index in [0.29, 0.717) is 23.0 Å². The first-order chi connectivity index (χ1) is 11.8. The number of aromatic nitrogens is 1. The molecule has 0 unspecified atom stereocenters. The van der Waals surface area contributed by atoms with Crippen LogP contribution in [-0.2, 0) is 6.18 Å². The van der Waals surface area contributed by atoms with Crippen molar-refractivity contribution in [1.82, 2.24) is 4.98 Å². The van der Waals surface area contributed by atoms with Gasteiger partial charge in [0.05, 0.1) is 5.56 Å². The second-order valence-electron chi connectivity index (χ2n) is 6.07. The van der Waals surface area contributed by atoms with Crippen LogP contribution in [0.25, 0.3) is 0 Å². The molecular formula is C18H20F3N3O. The highest BCUT2D eigenvalue weighted by atomic mass is 19.4. The van der Waals surface area contributed by atoms with Crippen LogP contribution in [0, 0.1) is 5.92 Å². The Morgan fingerprint density at radius 2 is 1.84 bits per heavy atom. The quantitative estimate of drug-likeness (QED) is 0.785. The van der Waals surface area contributed by atoms with Crippen LogP contribution in [0.5, 0.6) is 0 Å². The predicted octanol–water partition coefficient (Wildman–Crippen LogP) is 4.81. The van der Waals surface area contributed by atoms with E-state index in [4.69, 9.17) is 0 Å². The van der Waals surface area contributed by atoms with Crippen LogP contribution in [0.3, 0.4) is 0 Å². The van der Waals surface area contributed by atoms with Crippen molar-refractivity contribution >= 4 is 17.4 Å². The first kappa shape index (κ1) is 18.8. The summed E-state index contributed by atoms with van der Waals surface area (Å²) in [6.07, 6.45) is -1.91. The predicted molar refractivity (Wildman–Crippen MR) is 91.6 cm³/mol. The van der Waals surface area contributed by atoms with Crippen LogP contribution in [0.4, 0.5) is 24.7 Å². The maximum Gasteiger partial charge on any atom is 0.416 e. The lowest BCUT2D eigenvalue weighted by molar-refractivity contribution is -0.137. The van der Waals surface area contributed by atoms with E-state index in [1.54, 1.807) is 12.1 Å². The van der Waals surface area contributed by atoms with Gasteiger partial charge in [-0.15, -0.1) is 0 Å². The van der Waals surface area contributed by atoms with Gasteiger partial charge >= 0.3 is 6.18 Å². The summed E-state index contributed by atoms with van der Waals surface area (Å²) >= 11 is 0. The Balaban J connectivity index is 2.00. The van der Waals surface area contributed by atoms with Crippen molar-refractivity contribution < 1.29 is 18.0 Å². The average Bonchev–Trinajstić information content (AvgIpc) is 2.54. The number of anilines is 2. The van der Waals surface area contributed by atoms with E-state index in [-0.39, 0.29) is 0 Å². The number of nitrogens with zero attached hydrogens (tertiary/aromatic N) is 1. The second kappa shape index (κ2) is 8.00. The van der Waals surface area contributed by atoms with Crippen LogP contribution >= 0.6 is 0 Å². The van der Waals surface area contributed by atoms with E-state index in [2.05, 4.69) is 29.5 Å². The second-order valence-corrected chi connectivity index (χ2v) is 6.07. The number of halogens is 3. The largest absolute Gasteiger partial charge is 0.416 e. The lowest BCUT2D eigenvalue weighted by atomic mass is 10.1. The average molecular weight is 351 g/mol. The van der Waals surface area contributed by atoms with Gasteiger partial charge in [-0.05, 0) is 48.7 Å². The van der Waals surface area contributed by atoms with E-state index in [1.165, 1.54) is 18.3 Å². The summed E-state index contributed by atoms with van der Waals surface area (Å²) in [5.41, 5.74) is -0.0860. The Kier molecular flexibility index (Phi) is 6.01. The summed E-state index contributed by atoms with van der Waals surface area (Å²) in [4.78, 5) is 16.4. The summed E-state index contributed by atoms with van der Waals surface area (Å²) in [5, 5.41) is 5.72. The minimum atomic E-state index is -4.40. The zero-order chi connectivity index (χ0) is 18.4. The fraction of sp³-hybridized carbons (Fsp3) is 0.333. The van der Waals surface area contributed by atoms with Gasteiger partial charge in [0.1, 0.15) is 5.82 Å². The van der Waals surface area contributed by atoms with E-state index < -0.39 is 17.6 Å². The summed E-state index contributed by atoms with van der Waals surface area (Å²) in [5.74, 6) is 0.730. The van der Waals surface area contributed by atoms with Crippen LogP contribution in [0.15, 0.2) is 42.6 Å². The third-order valence-electron chi connectivity index (χ3n) is 3.52. The standard InChI is InChI=1S/C18H20F3N3O/c1-12(2)7-9-22-16-11-13(8-10-23-16)17(25)24-15-5-3-14(4-6-15)18(19,20)21/h3-6,8,10-12H,7,9H2,1-2H3,(H,22,23)(H,24,25). The van der Waals surface area contributed by atoms with Gasteiger partial charge in [0.15, 0.2) is 0 Å². The molecule has 0 bridgehead atoms. The molecule has 0 aliphatic carbocycles. The number of hydrogen-bond donors (Lipinski definition) is 2. The number of carbonyl (C=O) groups excluding carboxylic acids is 1. The van der Waals surface area contributed by atoms with Gasteiger partial charge in [0.25, 0.3) is 5.91 Å². The summed E-state index contributed by atoms with van der Waals surface area (Å²) < 4.78 is 37.6. The van der Waals surface area contributed by atoms with Gasteiger partial charge < -0.3 is 10.6 Å². The molecule has 1 amide bonds. The third kappa shape index (κ3) is 5.77. The third-order valence-corrected chi connectivity index (χ3v) is 3.52. The molecule has 0 saturated heterocycles. The molecule has 1 aromatic carbocycles. The molecule has 25 heavy (non-hydrogen) atoms. The minimum Gasteiger partial charge on any atom is -0.370 e. The van der Waals surface area contributed by atoms with Crippen molar-refractivity contribution in [1.29, 1.82) is 0 Å². The first-order valence-corrected chi connectivity index (χ1v) is 7.94. The zero-order valence-corrected chi connectivity index (χ0v) is 14.0. The zero-order valence-electron chi connectivity index (χ0n) is 14.0. The van der Waals surface area contributed by atoms with Crippen LogP contribution in [-0.4, -0.2) is 17.4 Å². The molecule has 2 aromatic rings. The summed E-state index contributed by atoms with van der Waals surface area (Å²) in [6, 6.07) is 7.47. The molecule has 1 aromatic heterocycles. The number of nitrogens with one attached hydrogen (secondary N) is 2. The number of carbonyl (C=O) groups is 1. The lowest BCUT2D eigenvalue weighted by Crippen LogP contribution is -2.13. The Hall–Kier alpha value is -2.57. The van der Waals surface area contributed by atoms with Crippen molar-refractivity contribution in [2.45, 2.75) is 26.4 Å².